The van der Waals surface area contributed by atoms with Gasteiger partial charge < -0.3 is 15.0 Å². The summed E-state index contributed by atoms with van der Waals surface area (Å²) in [4.78, 5) is 28.2. The molecule has 1 saturated carbocycles. The van der Waals surface area contributed by atoms with E-state index in [4.69, 9.17) is 17.0 Å². The van der Waals surface area contributed by atoms with Gasteiger partial charge in [-0.3, -0.25) is 14.2 Å². The molecule has 1 aliphatic carbocycles. The minimum atomic E-state index is -0.169. The zero-order valence-electron chi connectivity index (χ0n) is 14.3. The number of H-pyrrole nitrogens is 1. The average Bonchev–Trinajstić information content (AvgIpc) is 3.12. The minimum absolute atomic E-state index is 0.0716. The molecule has 1 heterocycles. The van der Waals surface area contributed by atoms with E-state index >= 15 is 0 Å². The normalized spacial score (nSPS) is 14.9. The molecule has 0 aliphatic heterocycles. The van der Waals surface area contributed by atoms with Gasteiger partial charge >= 0.3 is 0 Å². The zero-order valence-corrected chi connectivity index (χ0v) is 15.2. The number of carbonyl (C=O) groups is 1. The van der Waals surface area contributed by atoms with Crippen molar-refractivity contribution in [1.29, 1.82) is 0 Å². The van der Waals surface area contributed by atoms with Crippen LogP contribution >= 0.6 is 12.2 Å². The van der Waals surface area contributed by atoms with Crippen molar-refractivity contribution < 1.29 is 9.53 Å². The Morgan fingerprint density at radius 3 is 2.88 bits per heavy atom. The molecule has 3 rings (SSSR count). The Hall–Kier alpha value is -1.99. The summed E-state index contributed by atoms with van der Waals surface area (Å²) in [5, 5.41) is 3.41. The summed E-state index contributed by atoms with van der Waals surface area (Å²) in [6.07, 6.45) is 5.00. The third-order valence-electron chi connectivity index (χ3n) is 4.69. The summed E-state index contributed by atoms with van der Waals surface area (Å²) < 4.78 is 7.10. The quantitative estimate of drug-likeness (QED) is 0.613. The molecule has 0 bridgehead atoms. The minimum Gasteiger partial charge on any atom is -0.385 e. The van der Waals surface area contributed by atoms with Gasteiger partial charge in [0.15, 0.2) is 4.77 Å². The second-order valence-electron chi connectivity index (χ2n) is 6.41. The zero-order chi connectivity index (χ0) is 17.8. The smallest absolute Gasteiger partial charge is 0.262 e. The van der Waals surface area contributed by atoms with Gasteiger partial charge in [0.25, 0.3) is 11.5 Å². The summed E-state index contributed by atoms with van der Waals surface area (Å²) in [6, 6.07) is 5.27. The molecule has 25 heavy (non-hydrogen) atoms. The fraction of sp³-hybridized carbons (Fsp3) is 0.500. The summed E-state index contributed by atoms with van der Waals surface area (Å²) >= 11 is 5.40. The van der Waals surface area contributed by atoms with Crippen LogP contribution in [0, 0.1) is 4.77 Å². The average molecular weight is 361 g/mol. The standard InChI is InChI=1S/C18H23N3O3S/c1-24-10-4-9-19-16(22)12-7-8-14-15(11-12)20-18(25)21(17(14)23)13-5-2-3-6-13/h7-8,11,13H,2-6,9-10H2,1H3,(H,19,22)(H,20,25). The lowest BCUT2D eigenvalue weighted by molar-refractivity contribution is 0.0948. The molecule has 7 heteroatoms. The van der Waals surface area contributed by atoms with Crippen molar-refractivity contribution in [2.45, 2.75) is 38.1 Å². The highest BCUT2D eigenvalue weighted by Gasteiger charge is 2.20. The van der Waals surface area contributed by atoms with Gasteiger partial charge in [-0.1, -0.05) is 12.8 Å². The van der Waals surface area contributed by atoms with E-state index in [9.17, 15) is 9.59 Å². The molecule has 1 aromatic heterocycles. The molecular formula is C18H23N3O3S. The third kappa shape index (κ3) is 3.82. The van der Waals surface area contributed by atoms with Gasteiger partial charge in [0.2, 0.25) is 0 Å². The third-order valence-corrected chi connectivity index (χ3v) is 4.99. The first-order valence-corrected chi connectivity index (χ1v) is 9.08. The number of aromatic nitrogens is 2. The molecule has 2 aromatic rings. The second kappa shape index (κ2) is 7.93. The van der Waals surface area contributed by atoms with Gasteiger partial charge in [-0.2, -0.15) is 0 Å². The number of fused-ring (bicyclic) bond motifs is 1. The van der Waals surface area contributed by atoms with Gasteiger partial charge in [0.05, 0.1) is 10.9 Å². The van der Waals surface area contributed by atoms with E-state index in [1.165, 1.54) is 0 Å². The molecule has 6 nitrogen and oxygen atoms in total. The molecule has 0 radical (unpaired) electrons. The molecule has 2 N–H and O–H groups in total. The predicted molar refractivity (Wildman–Crippen MR) is 99.7 cm³/mol. The fourth-order valence-electron chi connectivity index (χ4n) is 3.39. The Bertz CT molecular complexity index is 881. The van der Waals surface area contributed by atoms with Gasteiger partial charge in [0, 0.05) is 31.9 Å². The number of benzene rings is 1. The molecule has 0 saturated heterocycles. The molecule has 1 aromatic carbocycles. The van der Waals surface area contributed by atoms with E-state index in [0.29, 0.717) is 34.4 Å². The van der Waals surface area contributed by atoms with E-state index in [1.807, 2.05) is 0 Å². The fourth-order valence-corrected chi connectivity index (χ4v) is 3.73. The van der Waals surface area contributed by atoms with Crippen LogP contribution in [-0.2, 0) is 4.74 Å². The maximum Gasteiger partial charge on any atom is 0.262 e. The van der Waals surface area contributed by atoms with E-state index in [2.05, 4.69) is 10.3 Å². The van der Waals surface area contributed by atoms with E-state index in [1.54, 1.807) is 29.9 Å². The number of methoxy groups -OCH3 is 1. The summed E-state index contributed by atoms with van der Waals surface area (Å²) in [5.74, 6) is -0.169. The van der Waals surface area contributed by atoms with Crippen molar-refractivity contribution in [3.63, 3.8) is 0 Å². The molecule has 1 amide bonds. The summed E-state index contributed by atoms with van der Waals surface area (Å²) in [5.41, 5.74) is 1.04. The lowest BCUT2D eigenvalue weighted by Gasteiger charge is -2.14. The predicted octanol–water partition coefficient (Wildman–Crippen LogP) is 2.94. The maximum absolute atomic E-state index is 12.8. The molecule has 1 aliphatic rings. The van der Waals surface area contributed by atoms with Crippen LogP contribution in [0.4, 0.5) is 0 Å². The Morgan fingerprint density at radius 1 is 1.40 bits per heavy atom. The first-order valence-electron chi connectivity index (χ1n) is 8.67. The number of nitrogens with one attached hydrogen (secondary N) is 2. The van der Waals surface area contributed by atoms with Crippen LogP contribution in [0.25, 0.3) is 10.9 Å². The van der Waals surface area contributed by atoms with Crippen molar-refractivity contribution in [2.24, 2.45) is 0 Å². The lowest BCUT2D eigenvalue weighted by Crippen LogP contribution is -2.27. The first kappa shape index (κ1) is 17.8. The van der Waals surface area contributed by atoms with Crippen molar-refractivity contribution in [1.82, 2.24) is 14.9 Å². The number of hydrogen-bond donors (Lipinski definition) is 2. The maximum atomic E-state index is 12.8. The Morgan fingerprint density at radius 2 is 2.16 bits per heavy atom. The largest absolute Gasteiger partial charge is 0.385 e. The topological polar surface area (TPSA) is 76.1 Å². The van der Waals surface area contributed by atoms with Crippen LogP contribution in [0.1, 0.15) is 48.5 Å². The molecule has 1 fully saturated rings. The highest BCUT2D eigenvalue weighted by atomic mass is 32.1. The van der Waals surface area contributed by atoms with Crippen molar-refractivity contribution in [2.75, 3.05) is 20.3 Å². The number of carbonyl (C=O) groups excluding carboxylic acids is 1. The van der Waals surface area contributed by atoms with Crippen molar-refractivity contribution in [3.8, 4) is 0 Å². The number of nitrogens with zero attached hydrogens (tertiary/aromatic N) is 1. The van der Waals surface area contributed by atoms with Crippen molar-refractivity contribution in [3.05, 3.63) is 38.9 Å². The highest BCUT2D eigenvalue weighted by Crippen LogP contribution is 2.28. The summed E-state index contributed by atoms with van der Waals surface area (Å²) in [7, 11) is 1.63. The number of aromatic amines is 1. The van der Waals surface area contributed by atoms with Crippen LogP contribution in [-0.4, -0.2) is 35.7 Å². The van der Waals surface area contributed by atoms with E-state index in [-0.39, 0.29) is 17.5 Å². The summed E-state index contributed by atoms with van der Waals surface area (Å²) in [6.45, 7) is 1.15. The van der Waals surface area contributed by atoms with E-state index in [0.717, 1.165) is 32.1 Å². The molecule has 0 spiro atoms. The van der Waals surface area contributed by atoms with Crippen molar-refractivity contribution >= 4 is 29.0 Å². The number of ether oxygens (including phenoxy) is 1. The monoisotopic (exact) mass is 361 g/mol. The van der Waals surface area contributed by atoms with Gasteiger partial charge in [-0.05, 0) is 49.7 Å². The second-order valence-corrected chi connectivity index (χ2v) is 6.79. The number of amides is 1. The lowest BCUT2D eigenvalue weighted by atomic mass is 10.1. The molecule has 0 atom stereocenters. The van der Waals surface area contributed by atoms with Crippen LogP contribution in [0.5, 0.6) is 0 Å². The van der Waals surface area contributed by atoms with Crippen LogP contribution in [0.15, 0.2) is 23.0 Å². The van der Waals surface area contributed by atoms with Crippen LogP contribution < -0.4 is 10.9 Å². The van der Waals surface area contributed by atoms with Gasteiger partial charge in [-0.25, -0.2) is 0 Å². The van der Waals surface area contributed by atoms with Gasteiger partial charge in [0.1, 0.15) is 0 Å². The van der Waals surface area contributed by atoms with Crippen LogP contribution in [0.2, 0.25) is 0 Å². The Balaban J connectivity index is 1.88. The molecule has 0 unspecified atom stereocenters. The first-order chi connectivity index (χ1) is 12.1. The Labute approximate surface area is 151 Å². The van der Waals surface area contributed by atoms with Gasteiger partial charge in [-0.15, -0.1) is 0 Å². The van der Waals surface area contributed by atoms with E-state index < -0.39 is 0 Å². The Kier molecular flexibility index (Phi) is 5.65. The molecular weight excluding hydrogens is 338 g/mol. The SMILES string of the molecule is COCCCNC(=O)c1ccc2c(=O)n(C3CCCC3)c(=S)[nH]c2c1. The number of rotatable bonds is 6. The van der Waals surface area contributed by atoms with Crippen LogP contribution in [0.3, 0.4) is 0 Å². The highest BCUT2D eigenvalue weighted by molar-refractivity contribution is 7.71. The molecule has 134 valence electrons. The number of hydrogen-bond acceptors (Lipinski definition) is 4.